The predicted octanol–water partition coefficient (Wildman–Crippen LogP) is 24.7. The Morgan fingerprint density at radius 3 is 0.469 bits per heavy atom. The third-order valence-electron chi connectivity index (χ3n) is 21.0. The fraction of sp³-hybridized carbons (Fsp3) is 0. The third kappa shape index (κ3) is 13.0. The number of fused-ring (bicyclic) bond motifs is 19. The number of nitrogens with zero attached hydrogens (tertiary/aromatic N) is 8. The van der Waals surface area contributed by atoms with Crippen molar-refractivity contribution < 1.29 is 176 Å². The number of hydrogen-bond donors (Lipinski definition) is 0. The number of hydrogen-bond acceptors (Lipinski definition) is 5. The summed E-state index contributed by atoms with van der Waals surface area (Å²) in [7, 11) is 0. The normalized spacial score (nSPS) is 12.2. The van der Waals surface area contributed by atoms with Crippen molar-refractivity contribution in [3.8, 4) is 89.0 Å². The van der Waals surface area contributed by atoms with Gasteiger partial charge in [-0.2, -0.15) is 0 Å². The van der Waals surface area contributed by atoms with Crippen molar-refractivity contribution in [2.24, 2.45) is 0 Å². The maximum atomic E-state index is 16.7. The molecule has 11 heterocycles. The van der Waals surface area contributed by atoms with Crippen LogP contribution in [0.15, 0.2) is 89.3 Å². The van der Waals surface area contributed by atoms with Gasteiger partial charge in [-0.25, -0.2) is 152 Å². The van der Waals surface area contributed by atoms with Gasteiger partial charge in [-0.3, -0.25) is 0 Å². The summed E-state index contributed by atoms with van der Waals surface area (Å²) in [6, 6.07) is 13.4. The van der Waals surface area contributed by atoms with E-state index in [0.717, 1.165) is 48.6 Å². The van der Waals surface area contributed by atoms with E-state index in [0.29, 0.717) is 48.6 Å². The summed E-state index contributed by atoms with van der Waals surface area (Å²) in [5, 5.41) is -0.193. The molecule has 0 saturated heterocycles. The fourth-order valence-corrected chi connectivity index (χ4v) is 15.4. The Hall–Kier alpha value is -14.3. The van der Waals surface area contributed by atoms with Crippen LogP contribution >= 0.6 is 0 Å². The van der Waals surface area contributed by atoms with E-state index in [2.05, 4.69) is 39.9 Å². The molecular weight excluding hydrogens is 1880 g/mol. The Morgan fingerprint density at radius 2 is 0.308 bits per heavy atom. The Balaban J connectivity index is 0.00000412. The van der Waals surface area contributed by atoms with E-state index in [1.165, 1.54) is 36.4 Å². The van der Waals surface area contributed by atoms with Gasteiger partial charge < -0.3 is 29.8 Å². The molecule has 0 atom stereocenters. The molecule has 654 valence electrons. The molecule has 0 spiro atoms. The SMILES string of the molecule is Fc1c(F)c(F)c(-c2c3nc(c(-c4c(F)c(F)c(F)c(F)c4F)c4ccc([n-]4)c(-c4cccc5c4oc4c(-c6c7nc(c(-c8c(F)c(F)c(F)c(F)c8F)c8ccc([n-]8)c(-c8c(F)c(F)c(F)c(F)c8F)c8nc(c(-c9c(F)c(F)c(F)c(F)c9F)c9ccc6[n-]9)C=C8)C=C7)cccc45)c4nc(c(-c5c(F)c(F)c(F)c(F)c5F)c5ccc2[n-]5)C=C4)C=C3)c(F)c1F.O.[Fe+2].[Fe+2]. The molecule has 2 N–H and O–H groups in total. The first-order chi connectivity index (χ1) is 60.5. The number of rotatable bonds is 8. The van der Waals surface area contributed by atoms with Crippen molar-refractivity contribution in [1.82, 2.24) is 39.9 Å². The zero-order valence-corrected chi connectivity index (χ0v) is 64.4. The molecule has 0 unspecified atom stereocenters. The van der Waals surface area contributed by atoms with E-state index in [-0.39, 0.29) is 61.5 Å². The Morgan fingerprint density at radius 1 is 0.169 bits per heavy atom. The minimum atomic E-state index is -2.77. The predicted molar refractivity (Wildman–Crippen MR) is 400 cm³/mol. The van der Waals surface area contributed by atoms with Crippen LogP contribution in [0, 0.1) is 175 Å². The number of furan rings is 1. The molecule has 4 aliphatic rings. The number of aromatic nitrogens is 8. The van der Waals surface area contributed by atoms with Crippen LogP contribution in [-0.4, -0.2) is 25.4 Å². The van der Waals surface area contributed by atoms with E-state index >= 15 is 123 Å². The summed E-state index contributed by atoms with van der Waals surface area (Å²) < 4.78 is 484. The van der Waals surface area contributed by atoms with E-state index in [9.17, 15) is 8.78 Å². The molecule has 16 bridgehead atoms. The van der Waals surface area contributed by atoms with Crippen LogP contribution in [0.1, 0.15) is 45.6 Å². The first-order valence-electron chi connectivity index (χ1n) is 35.7. The number of benzene rings is 8. The molecule has 19 rings (SSSR count). The molecule has 0 aliphatic carbocycles. The van der Waals surface area contributed by atoms with Crippen LogP contribution in [0.2, 0.25) is 0 Å². The van der Waals surface area contributed by atoms with Gasteiger partial charge >= 0.3 is 34.1 Å². The van der Waals surface area contributed by atoms with Gasteiger partial charge in [-0.1, -0.05) is 84.9 Å². The first kappa shape index (κ1) is 89.1. The Labute approximate surface area is 720 Å². The van der Waals surface area contributed by atoms with Crippen molar-refractivity contribution in [1.29, 1.82) is 0 Å². The summed E-state index contributed by atoms with van der Waals surface area (Å²) >= 11 is 0. The molecule has 0 amide bonds. The molecule has 15 aromatic rings. The van der Waals surface area contributed by atoms with Crippen LogP contribution in [0.5, 0.6) is 0 Å². The average Bonchev–Trinajstić information content (AvgIpc) is 1.56. The van der Waals surface area contributed by atoms with Crippen molar-refractivity contribution in [3.05, 3.63) is 305 Å². The van der Waals surface area contributed by atoms with Gasteiger partial charge in [0.05, 0.1) is 78.9 Å². The monoisotopic (exact) mass is 1910 g/mol. The van der Waals surface area contributed by atoms with Gasteiger partial charge in [0.2, 0.25) is 34.9 Å². The standard InChI is InChI=1S/C88H22F30N8O.2Fe.H2O/c89-57-51(58(90)70(102)81(113)69(57)101)45-31-11-7-27(119-31)43(28-8-12-32(120-28)46(52-59(91)71(103)82(114)72(104)60(52)92)36-16-20-40(124-36)49(39-19-15-35(45)123-39)55-65(97)77(109)85(117)78(110)66(55)98)25-5-1-3-23-24-4-2-6-26(88(24)127-87(23)25)44-29-9-13-33(121-29)47(53-61(93)73(105)83(115)74(106)62(53)94)37-17-21-41(125-37)50(56-67(99)79(111)86(118)80(112)68(56)100)42-22-18-38(126-42)48(34-14-10-30(44)122-34)54-63(95)75(107)84(116)76(108)64(54)96;;;/h1-22H;;;1H2/q-4;2*+2;. The van der Waals surface area contributed by atoms with E-state index in [1.54, 1.807) is 0 Å². The van der Waals surface area contributed by atoms with Gasteiger partial charge in [0.15, 0.2) is 140 Å². The summed E-state index contributed by atoms with van der Waals surface area (Å²) in [5.41, 5.74) is -36.3. The number of para-hydroxylation sites is 2. The zero-order chi connectivity index (χ0) is 90.0. The fourth-order valence-electron chi connectivity index (χ4n) is 15.4. The first-order valence-corrected chi connectivity index (χ1v) is 35.7. The summed E-state index contributed by atoms with van der Waals surface area (Å²) in [5.74, 6) is -79.9. The molecule has 0 saturated carbocycles. The molecule has 42 heteroatoms. The molecule has 10 nitrogen and oxygen atoms in total. The van der Waals surface area contributed by atoms with Gasteiger partial charge in [0.25, 0.3) is 0 Å². The second-order valence-electron chi connectivity index (χ2n) is 27.9. The van der Waals surface area contributed by atoms with Crippen LogP contribution < -0.4 is 19.9 Å². The minimum Gasteiger partial charge on any atom is -0.657 e. The van der Waals surface area contributed by atoms with E-state index in [1.807, 2.05) is 0 Å². The average molecular weight is 1910 g/mol. The summed E-state index contributed by atoms with van der Waals surface area (Å²) in [4.78, 5) is 34.7. The number of halogens is 30. The minimum absolute atomic E-state index is 0. The summed E-state index contributed by atoms with van der Waals surface area (Å²) in [6.45, 7) is 0. The smallest absolute Gasteiger partial charge is 0.657 e. The van der Waals surface area contributed by atoms with Gasteiger partial charge in [0, 0.05) is 21.9 Å². The van der Waals surface area contributed by atoms with Gasteiger partial charge in [-0.05, 0) is 93.1 Å². The second kappa shape index (κ2) is 32.1. The largest absolute Gasteiger partial charge is 2.00 e. The van der Waals surface area contributed by atoms with Gasteiger partial charge in [0.1, 0.15) is 11.2 Å². The molecule has 130 heavy (non-hydrogen) atoms. The van der Waals surface area contributed by atoms with Crippen LogP contribution in [-0.2, 0) is 34.1 Å². The van der Waals surface area contributed by atoms with Crippen molar-refractivity contribution >= 4 is 115 Å². The molecule has 0 radical (unpaired) electrons. The molecule has 0 fully saturated rings. The van der Waals surface area contributed by atoms with E-state index < -0.39 is 353 Å². The maximum Gasteiger partial charge on any atom is 2.00 e. The Bertz CT molecular complexity index is 7410. The second-order valence-corrected chi connectivity index (χ2v) is 27.9. The van der Waals surface area contributed by atoms with Crippen LogP contribution in [0.25, 0.3) is 204 Å². The van der Waals surface area contributed by atoms with Crippen LogP contribution in [0.4, 0.5) is 132 Å². The Kier molecular flexibility index (Phi) is 22.0. The molecule has 7 aromatic heterocycles. The topological polar surface area (TPSA) is 153 Å². The van der Waals surface area contributed by atoms with Crippen molar-refractivity contribution in [2.75, 3.05) is 0 Å². The van der Waals surface area contributed by atoms with Crippen LogP contribution in [0.3, 0.4) is 0 Å². The maximum absolute atomic E-state index is 16.7. The van der Waals surface area contributed by atoms with Crippen molar-refractivity contribution in [3.63, 3.8) is 0 Å². The van der Waals surface area contributed by atoms with E-state index in [4.69, 9.17) is 4.42 Å². The molecule has 8 aromatic carbocycles. The van der Waals surface area contributed by atoms with Crippen molar-refractivity contribution in [2.45, 2.75) is 0 Å². The molecular formula is C88H24F30Fe2N8O2. The third-order valence-corrected chi connectivity index (χ3v) is 21.0. The summed E-state index contributed by atoms with van der Waals surface area (Å²) in [6.07, 6.45) is 5.95. The quantitative estimate of drug-likeness (QED) is 0.0626. The van der Waals surface area contributed by atoms with Gasteiger partial charge in [-0.15, -0.1) is 44.1 Å². The zero-order valence-electron chi connectivity index (χ0n) is 62.2. The molecule has 4 aliphatic heterocycles.